The highest BCUT2D eigenvalue weighted by molar-refractivity contribution is 7.93. The average Bonchev–Trinajstić information content (AvgIpc) is 3.43. The SMILES string of the molecule is Cc1c(C(C)(F)F)sc(C(=O)N[C@H](/C=C/S(C)(=O)=O)C2CC2)c1Oc1ccccc1. The van der Waals surface area contributed by atoms with Crippen LogP contribution in [-0.2, 0) is 15.8 Å². The van der Waals surface area contributed by atoms with Gasteiger partial charge in [0, 0.05) is 24.2 Å². The van der Waals surface area contributed by atoms with Crippen molar-refractivity contribution in [2.75, 3.05) is 6.26 Å². The molecule has 1 aromatic carbocycles. The summed E-state index contributed by atoms with van der Waals surface area (Å²) in [5.74, 6) is -3.07. The van der Waals surface area contributed by atoms with Gasteiger partial charge in [0.2, 0.25) is 0 Å². The van der Waals surface area contributed by atoms with Gasteiger partial charge in [0.15, 0.2) is 15.6 Å². The largest absolute Gasteiger partial charge is 0.455 e. The number of benzene rings is 1. The summed E-state index contributed by atoms with van der Waals surface area (Å²) >= 11 is 0.689. The fourth-order valence-corrected chi connectivity index (χ4v) is 4.54. The van der Waals surface area contributed by atoms with Crippen molar-refractivity contribution in [2.45, 2.75) is 38.7 Å². The summed E-state index contributed by atoms with van der Waals surface area (Å²) in [5, 5.41) is 3.84. The number of hydrogen-bond acceptors (Lipinski definition) is 5. The number of amides is 1. The molecular weight excluding hydrogens is 432 g/mol. The van der Waals surface area contributed by atoms with E-state index < -0.39 is 27.7 Å². The van der Waals surface area contributed by atoms with Crippen LogP contribution < -0.4 is 10.1 Å². The Bertz CT molecular complexity index is 1050. The Balaban J connectivity index is 1.94. The van der Waals surface area contributed by atoms with Crippen LogP contribution in [0.15, 0.2) is 41.8 Å². The summed E-state index contributed by atoms with van der Waals surface area (Å²) in [5.41, 5.74) is 0.205. The highest BCUT2D eigenvalue weighted by Crippen LogP contribution is 2.45. The minimum Gasteiger partial charge on any atom is -0.455 e. The zero-order valence-corrected chi connectivity index (χ0v) is 18.4. The van der Waals surface area contributed by atoms with Crippen LogP contribution in [0.5, 0.6) is 11.5 Å². The first kappa shape index (κ1) is 22.4. The van der Waals surface area contributed by atoms with E-state index in [1.54, 1.807) is 30.3 Å². The highest BCUT2D eigenvalue weighted by Gasteiger charge is 2.36. The molecule has 1 aromatic heterocycles. The second kappa shape index (κ2) is 8.47. The maximum absolute atomic E-state index is 14.1. The van der Waals surface area contributed by atoms with E-state index in [-0.39, 0.29) is 27.0 Å². The number of halogens is 2. The first-order chi connectivity index (χ1) is 14.0. The van der Waals surface area contributed by atoms with Crippen molar-refractivity contribution in [1.29, 1.82) is 0 Å². The maximum Gasteiger partial charge on any atom is 0.279 e. The Labute approximate surface area is 178 Å². The molecule has 1 N–H and O–H groups in total. The molecule has 1 amide bonds. The maximum atomic E-state index is 14.1. The number of para-hydroxylation sites is 1. The van der Waals surface area contributed by atoms with Crippen LogP contribution in [0, 0.1) is 12.8 Å². The molecule has 1 aliphatic carbocycles. The lowest BCUT2D eigenvalue weighted by molar-refractivity contribution is 0.0208. The molecule has 1 saturated carbocycles. The van der Waals surface area contributed by atoms with Crippen LogP contribution >= 0.6 is 11.3 Å². The number of carbonyl (C=O) groups excluding carboxylic acids is 1. The lowest BCUT2D eigenvalue weighted by Crippen LogP contribution is -2.34. The molecule has 2 aromatic rings. The minimum atomic E-state index is -3.35. The number of hydrogen-bond donors (Lipinski definition) is 1. The lowest BCUT2D eigenvalue weighted by Gasteiger charge is -2.15. The van der Waals surface area contributed by atoms with Crippen molar-refractivity contribution in [3.05, 3.63) is 57.1 Å². The normalized spacial score (nSPS) is 15.9. The molecule has 1 heterocycles. The Morgan fingerprint density at radius 3 is 2.47 bits per heavy atom. The van der Waals surface area contributed by atoms with Crippen LogP contribution in [0.4, 0.5) is 8.78 Å². The minimum absolute atomic E-state index is 0.0336. The van der Waals surface area contributed by atoms with E-state index in [0.29, 0.717) is 17.1 Å². The summed E-state index contributed by atoms with van der Waals surface area (Å²) in [4.78, 5) is 12.8. The van der Waals surface area contributed by atoms with Gasteiger partial charge in [-0.15, -0.1) is 11.3 Å². The van der Waals surface area contributed by atoms with Gasteiger partial charge in [-0.25, -0.2) is 17.2 Å². The summed E-state index contributed by atoms with van der Waals surface area (Å²) in [6.07, 6.45) is 4.22. The predicted molar refractivity (Wildman–Crippen MR) is 113 cm³/mol. The third kappa shape index (κ3) is 5.66. The van der Waals surface area contributed by atoms with Gasteiger partial charge >= 0.3 is 0 Å². The van der Waals surface area contributed by atoms with Gasteiger partial charge in [-0.1, -0.05) is 24.3 Å². The zero-order chi connectivity index (χ0) is 22.1. The molecule has 1 atom stereocenters. The molecule has 0 unspecified atom stereocenters. The van der Waals surface area contributed by atoms with Gasteiger partial charge in [-0.2, -0.15) is 0 Å². The number of ether oxygens (including phenoxy) is 1. The third-order valence-electron chi connectivity index (χ3n) is 4.62. The van der Waals surface area contributed by atoms with E-state index in [9.17, 15) is 22.0 Å². The first-order valence-electron chi connectivity index (χ1n) is 9.39. The van der Waals surface area contributed by atoms with Crippen molar-refractivity contribution in [3.8, 4) is 11.5 Å². The van der Waals surface area contributed by atoms with Gasteiger partial charge in [-0.05, 0) is 37.8 Å². The Kier molecular flexibility index (Phi) is 6.33. The number of rotatable bonds is 8. The number of alkyl halides is 2. The van der Waals surface area contributed by atoms with Gasteiger partial charge in [0.25, 0.3) is 11.8 Å². The molecule has 162 valence electrons. The van der Waals surface area contributed by atoms with E-state index in [0.717, 1.165) is 31.4 Å². The van der Waals surface area contributed by atoms with E-state index in [4.69, 9.17) is 4.74 Å². The quantitative estimate of drug-likeness (QED) is 0.606. The number of thiophene rings is 1. The van der Waals surface area contributed by atoms with Gasteiger partial charge in [-0.3, -0.25) is 4.79 Å². The molecule has 3 rings (SSSR count). The second-order valence-corrected chi connectivity index (χ2v) is 10.5. The number of nitrogens with one attached hydrogen (secondary N) is 1. The summed E-state index contributed by atoms with van der Waals surface area (Å²) in [6, 6.07) is 8.12. The standard InChI is InChI=1S/C21H23F2NO4S2/c1-13-17(28-15-7-5-4-6-8-15)18(29-19(13)21(2,22)23)20(25)24-16(14-9-10-14)11-12-30(3,26)27/h4-8,11-12,14,16H,9-10H2,1-3H3,(H,24,25)/b12-11+/t16-/m1/s1. The first-order valence-corrected chi connectivity index (χ1v) is 12.2. The second-order valence-electron chi connectivity index (χ2n) is 7.51. The van der Waals surface area contributed by atoms with E-state index in [1.807, 2.05) is 0 Å². The van der Waals surface area contributed by atoms with Crippen LogP contribution in [-0.4, -0.2) is 26.6 Å². The molecule has 0 saturated heterocycles. The molecule has 0 radical (unpaired) electrons. The topological polar surface area (TPSA) is 72.5 Å². The number of carbonyl (C=O) groups is 1. The molecule has 5 nitrogen and oxygen atoms in total. The fraction of sp³-hybridized carbons (Fsp3) is 0.381. The Morgan fingerprint density at radius 2 is 1.93 bits per heavy atom. The Morgan fingerprint density at radius 1 is 1.30 bits per heavy atom. The number of sulfone groups is 1. The smallest absolute Gasteiger partial charge is 0.279 e. The molecule has 9 heteroatoms. The summed E-state index contributed by atoms with van der Waals surface area (Å²) in [7, 11) is -3.35. The molecule has 0 aliphatic heterocycles. The summed E-state index contributed by atoms with van der Waals surface area (Å²) in [6.45, 7) is 2.28. The molecule has 0 bridgehead atoms. The Hall–Kier alpha value is -2.26. The van der Waals surface area contributed by atoms with Crippen molar-refractivity contribution in [3.63, 3.8) is 0 Å². The highest BCUT2D eigenvalue weighted by atomic mass is 32.2. The van der Waals surface area contributed by atoms with Crippen molar-refractivity contribution < 1.29 is 26.7 Å². The van der Waals surface area contributed by atoms with Crippen LogP contribution in [0.2, 0.25) is 0 Å². The zero-order valence-electron chi connectivity index (χ0n) is 16.8. The monoisotopic (exact) mass is 455 g/mol. The average molecular weight is 456 g/mol. The van der Waals surface area contributed by atoms with E-state index in [2.05, 4.69) is 5.32 Å². The van der Waals surface area contributed by atoms with E-state index in [1.165, 1.54) is 13.0 Å². The van der Waals surface area contributed by atoms with Gasteiger partial charge < -0.3 is 10.1 Å². The molecule has 1 fully saturated rings. The molecule has 0 spiro atoms. The molecule has 1 aliphatic rings. The van der Waals surface area contributed by atoms with Crippen LogP contribution in [0.3, 0.4) is 0 Å². The van der Waals surface area contributed by atoms with Crippen molar-refractivity contribution >= 4 is 27.1 Å². The van der Waals surface area contributed by atoms with Crippen LogP contribution in [0.25, 0.3) is 0 Å². The molecule has 30 heavy (non-hydrogen) atoms. The lowest BCUT2D eigenvalue weighted by atomic mass is 10.1. The predicted octanol–water partition coefficient (Wildman–Crippen LogP) is 5.03. The van der Waals surface area contributed by atoms with Gasteiger partial charge in [0.05, 0.1) is 10.9 Å². The summed E-state index contributed by atoms with van der Waals surface area (Å²) < 4.78 is 56.9. The van der Waals surface area contributed by atoms with Crippen LogP contribution in [0.1, 0.15) is 39.9 Å². The third-order valence-corrected chi connectivity index (χ3v) is 6.72. The van der Waals surface area contributed by atoms with Crippen molar-refractivity contribution in [1.82, 2.24) is 5.32 Å². The fourth-order valence-electron chi connectivity index (χ4n) is 3.02. The van der Waals surface area contributed by atoms with E-state index >= 15 is 0 Å². The van der Waals surface area contributed by atoms with Gasteiger partial charge in [0.1, 0.15) is 10.6 Å². The van der Waals surface area contributed by atoms with Crippen molar-refractivity contribution in [2.24, 2.45) is 5.92 Å². The molecular formula is C21H23F2NO4S2.